The molecular formula is C11H12N2OS. The Morgan fingerprint density at radius 2 is 1.93 bits per heavy atom. The van der Waals surface area contributed by atoms with Crippen LogP contribution in [0.2, 0.25) is 0 Å². The highest BCUT2D eigenvalue weighted by Gasteiger charge is 2.01. The number of rotatable bonds is 2. The molecule has 0 spiro atoms. The molecule has 0 bridgehead atoms. The van der Waals surface area contributed by atoms with Crippen molar-refractivity contribution < 1.29 is 0 Å². The van der Waals surface area contributed by atoms with Gasteiger partial charge in [0.25, 0.3) is 5.56 Å². The maximum absolute atomic E-state index is 11.5. The molecule has 1 aromatic heterocycles. The fraction of sp³-hybridized carbons (Fsp3) is 0.182. The molecule has 4 heteroatoms. The Hall–Kier alpha value is -1.42. The summed E-state index contributed by atoms with van der Waals surface area (Å²) < 4.78 is 1.54. The number of H-pyrrole nitrogens is 1. The number of aromatic nitrogens is 2. The summed E-state index contributed by atoms with van der Waals surface area (Å²) in [6.45, 7) is 1.87. The minimum absolute atomic E-state index is 0.0237. The molecule has 1 heterocycles. The minimum Gasteiger partial charge on any atom is -0.295 e. The molecule has 0 aliphatic rings. The van der Waals surface area contributed by atoms with E-state index in [2.05, 4.69) is 5.10 Å². The first-order valence-corrected chi connectivity index (χ1v) is 5.86. The van der Waals surface area contributed by atoms with Crippen molar-refractivity contribution in [1.82, 2.24) is 9.78 Å². The average molecular weight is 220 g/mol. The zero-order valence-corrected chi connectivity index (χ0v) is 9.47. The van der Waals surface area contributed by atoms with Crippen LogP contribution in [0.15, 0.2) is 40.0 Å². The third-order valence-corrected chi connectivity index (χ3v) is 2.92. The van der Waals surface area contributed by atoms with E-state index in [-0.39, 0.29) is 5.56 Å². The number of thioether (sulfide) groups is 1. The van der Waals surface area contributed by atoms with Crippen LogP contribution in [-0.4, -0.2) is 16.0 Å². The second-order valence-corrected chi connectivity index (χ2v) is 4.19. The monoisotopic (exact) mass is 220 g/mol. The minimum atomic E-state index is -0.0237. The smallest absolute Gasteiger partial charge is 0.271 e. The fourth-order valence-electron chi connectivity index (χ4n) is 1.44. The number of hydrogen-bond donors (Lipinski definition) is 1. The highest BCUT2D eigenvalue weighted by molar-refractivity contribution is 7.98. The first-order valence-electron chi connectivity index (χ1n) is 4.64. The third kappa shape index (κ3) is 1.99. The lowest BCUT2D eigenvalue weighted by Crippen LogP contribution is -2.13. The van der Waals surface area contributed by atoms with Crippen LogP contribution < -0.4 is 5.56 Å². The molecule has 0 atom stereocenters. The van der Waals surface area contributed by atoms with E-state index in [1.54, 1.807) is 22.5 Å². The number of aryl methyl sites for hydroxylation is 1. The van der Waals surface area contributed by atoms with Crippen molar-refractivity contribution >= 4 is 11.8 Å². The Labute approximate surface area is 92.1 Å². The van der Waals surface area contributed by atoms with Gasteiger partial charge < -0.3 is 0 Å². The second-order valence-electron chi connectivity index (χ2n) is 3.31. The van der Waals surface area contributed by atoms with Crippen LogP contribution in [0, 0.1) is 6.92 Å². The van der Waals surface area contributed by atoms with Crippen molar-refractivity contribution in [2.75, 3.05) is 6.26 Å². The van der Waals surface area contributed by atoms with E-state index in [1.165, 1.54) is 4.90 Å². The largest absolute Gasteiger partial charge is 0.295 e. The zero-order valence-electron chi connectivity index (χ0n) is 8.65. The van der Waals surface area contributed by atoms with Gasteiger partial charge in [0.2, 0.25) is 0 Å². The van der Waals surface area contributed by atoms with Crippen LogP contribution in [0.4, 0.5) is 0 Å². The standard InChI is InChI=1S/C11H12N2OS/c1-8-7-11(14)13(12-8)9-3-5-10(15-2)6-4-9/h3-7,12H,1-2H3. The number of nitrogens with one attached hydrogen (secondary N) is 1. The van der Waals surface area contributed by atoms with E-state index >= 15 is 0 Å². The highest BCUT2D eigenvalue weighted by Crippen LogP contribution is 2.15. The van der Waals surface area contributed by atoms with Crippen molar-refractivity contribution in [2.45, 2.75) is 11.8 Å². The molecule has 0 radical (unpaired) electrons. The average Bonchev–Trinajstić information content (AvgIpc) is 2.58. The summed E-state index contributed by atoms with van der Waals surface area (Å²) in [7, 11) is 0. The summed E-state index contributed by atoms with van der Waals surface area (Å²) in [6.07, 6.45) is 2.03. The van der Waals surface area contributed by atoms with Gasteiger partial charge in [-0.1, -0.05) is 0 Å². The molecule has 2 rings (SSSR count). The summed E-state index contributed by atoms with van der Waals surface area (Å²) in [5, 5.41) is 3.00. The Morgan fingerprint density at radius 3 is 2.40 bits per heavy atom. The highest BCUT2D eigenvalue weighted by atomic mass is 32.2. The van der Waals surface area contributed by atoms with Crippen LogP contribution in [0.3, 0.4) is 0 Å². The Balaban J connectivity index is 2.45. The molecule has 2 aromatic rings. The summed E-state index contributed by atoms with van der Waals surface area (Å²) >= 11 is 1.68. The second kappa shape index (κ2) is 3.98. The van der Waals surface area contributed by atoms with Gasteiger partial charge in [0.1, 0.15) is 0 Å². The molecule has 1 N–H and O–H groups in total. The van der Waals surface area contributed by atoms with Gasteiger partial charge in [0.05, 0.1) is 5.69 Å². The molecule has 15 heavy (non-hydrogen) atoms. The van der Waals surface area contributed by atoms with E-state index in [1.807, 2.05) is 37.4 Å². The lowest BCUT2D eigenvalue weighted by atomic mass is 10.3. The quantitative estimate of drug-likeness (QED) is 0.788. The Bertz CT molecular complexity index is 510. The van der Waals surface area contributed by atoms with Gasteiger partial charge in [0.15, 0.2) is 0 Å². The molecule has 0 saturated heterocycles. The van der Waals surface area contributed by atoms with Crippen molar-refractivity contribution in [1.29, 1.82) is 0 Å². The van der Waals surface area contributed by atoms with Crippen LogP contribution in [0.1, 0.15) is 5.69 Å². The molecule has 0 aliphatic heterocycles. The van der Waals surface area contributed by atoms with Crippen molar-refractivity contribution in [3.8, 4) is 5.69 Å². The van der Waals surface area contributed by atoms with Gasteiger partial charge in [-0.05, 0) is 37.4 Å². The van der Waals surface area contributed by atoms with E-state index in [0.717, 1.165) is 11.4 Å². The van der Waals surface area contributed by atoms with Gasteiger partial charge in [-0.3, -0.25) is 9.89 Å². The molecule has 0 aliphatic carbocycles. The van der Waals surface area contributed by atoms with Crippen molar-refractivity contribution in [2.24, 2.45) is 0 Å². The summed E-state index contributed by atoms with van der Waals surface area (Å²) in [5.41, 5.74) is 1.71. The van der Waals surface area contributed by atoms with Crippen LogP contribution in [-0.2, 0) is 0 Å². The predicted octanol–water partition coefficient (Wildman–Crippen LogP) is 2.20. The topological polar surface area (TPSA) is 37.8 Å². The van der Waals surface area contributed by atoms with Gasteiger partial charge >= 0.3 is 0 Å². The third-order valence-electron chi connectivity index (χ3n) is 2.18. The normalized spacial score (nSPS) is 10.5. The summed E-state index contributed by atoms with van der Waals surface area (Å²) in [4.78, 5) is 12.7. The molecule has 78 valence electrons. The van der Waals surface area contributed by atoms with Gasteiger partial charge in [0, 0.05) is 16.7 Å². The number of benzene rings is 1. The maximum atomic E-state index is 11.5. The Kier molecular flexibility index (Phi) is 2.68. The molecule has 0 unspecified atom stereocenters. The molecule has 0 fully saturated rings. The predicted molar refractivity (Wildman–Crippen MR) is 62.9 cm³/mol. The fourth-order valence-corrected chi connectivity index (χ4v) is 1.84. The Morgan fingerprint density at radius 1 is 1.27 bits per heavy atom. The first-order chi connectivity index (χ1) is 7.20. The number of hydrogen-bond acceptors (Lipinski definition) is 2. The molecule has 0 amide bonds. The van der Waals surface area contributed by atoms with Crippen LogP contribution in [0.25, 0.3) is 5.69 Å². The summed E-state index contributed by atoms with van der Waals surface area (Å²) in [6, 6.07) is 9.46. The van der Waals surface area contributed by atoms with Gasteiger partial charge in [-0.2, -0.15) is 0 Å². The molecule has 1 aromatic carbocycles. The molecule has 0 saturated carbocycles. The molecule has 3 nitrogen and oxygen atoms in total. The summed E-state index contributed by atoms with van der Waals surface area (Å²) in [5.74, 6) is 0. The lowest BCUT2D eigenvalue weighted by molar-refractivity contribution is 0.834. The van der Waals surface area contributed by atoms with Gasteiger partial charge in [-0.25, -0.2) is 4.68 Å². The van der Waals surface area contributed by atoms with Gasteiger partial charge in [-0.15, -0.1) is 11.8 Å². The van der Waals surface area contributed by atoms with Crippen molar-refractivity contribution in [3.63, 3.8) is 0 Å². The van der Waals surface area contributed by atoms with E-state index < -0.39 is 0 Å². The maximum Gasteiger partial charge on any atom is 0.271 e. The molecular weight excluding hydrogens is 208 g/mol. The number of nitrogens with zero attached hydrogens (tertiary/aromatic N) is 1. The zero-order chi connectivity index (χ0) is 10.8. The van der Waals surface area contributed by atoms with Crippen molar-refractivity contribution in [3.05, 3.63) is 46.4 Å². The van der Waals surface area contributed by atoms with Crippen LogP contribution >= 0.6 is 11.8 Å². The SMILES string of the molecule is CSc1ccc(-n2[nH]c(C)cc2=O)cc1. The first kappa shape index (κ1) is 10.1. The van der Waals surface area contributed by atoms with Crippen LogP contribution in [0.5, 0.6) is 0 Å². The van der Waals surface area contributed by atoms with E-state index in [9.17, 15) is 4.79 Å². The lowest BCUT2D eigenvalue weighted by Gasteiger charge is -2.02. The number of aromatic amines is 1. The van der Waals surface area contributed by atoms with E-state index in [4.69, 9.17) is 0 Å². The van der Waals surface area contributed by atoms with E-state index in [0.29, 0.717) is 0 Å².